The fraction of sp³-hybridized carbons (Fsp3) is 0.833. The molecule has 146 valence electrons. The Hall–Kier alpha value is -1.28. The number of rotatable bonds is 8. The minimum Gasteiger partial charge on any atom is -0.481 e. The molecule has 4 unspecified atom stereocenters. The van der Waals surface area contributed by atoms with E-state index in [0.29, 0.717) is 11.7 Å². The number of hydrogen-bond donors (Lipinski definition) is 3. The lowest BCUT2D eigenvalue weighted by Gasteiger charge is -2.24. The first-order valence-electron chi connectivity index (χ1n) is 9.70. The molecule has 4 atom stereocenters. The van der Waals surface area contributed by atoms with Gasteiger partial charge in [-0.3, -0.25) is 4.79 Å². The largest absolute Gasteiger partial charge is 0.481 e. The van der Waals surface area contributed by atoms with E-state index in [1.807, 2.05) is 0 Å². The second kappa shape index (κ2) is 9.08. The summed E-state index contributed by atoms with van der Waals surface area (Å²) >= 11 is 1.79. The quantitative estimate of drug-likeness (QED) is 0.441. The van der Waals surface area contributed by atoms with E-state index in [9.17, 15) is 14.7 Å². The van der Waals surface area contributed by atoms with E-state index in [4.69, 9.17) is 5.11 Å². The predicted octanol–water partition coefficient (Wildman–Crippen LogP) is 2.44. The molecule has 1 aliphatic heterocycles. The zero-order valence-corrected chi connectivity index (χ0v) is 15.9. The van der Waals surface area contributed by atoms with Crippen molar-refractivity contribution in [3.05, 3.63) is 0 Å². The van der Waals surface area contributed by atoms with Crippen LogP contribution in [0.1, 0.15) is 57.8 Å². The van der Waals surface area contributed by atoms with Gasteiger partial charge in [-0.15, -0.1) is 0 Å². The fourth-order valence-corrected chi connectivity index (χ4v) is 5.58. The first-order valence-corrected chi connectivity index (χ1v) is 10.7. The van der Waals surface area contributed by atoms with Gasteiger partial charge in [-0.2, -0.15) is 16.9 Å². The number of fused-ring (bicyclic) bond motifs is 1. The minimum absolute atomic E-state index is 0.0364. The van der Waals surface area contributed by atoms with Crippen LogP contribution in [0, 0.1) is 5.92 Å². The number of urea groups is 1. The van der Waals surface area contributed by atoms with Crippen LogP contribution in [-0.2, 0) is 4.79 Å². The van der Waals surface area contributed by atoms with Gasteiger partial charge < -0.3 is 15.5 Å². The molecule has 3 fully saturated rings. The maximum Gasteiger partial charge on any atom is 0.338 e. The minimum atomic E-state index is -0.752. The number of thioether (sulfide) groups is 1. The highest BCUT2D eigenvalue weighted by atomic mass is 32.2. The standard InChI is InChI=1S/C18H29N3O4S/c22-16(12-5-2-1-3-6-12)11-19-21-15-10-13(9-14(15)20-18(21)25)26-8-4-7-17(23)24/h11-16,22H,1-10H2,(H,20,25)(H,23,24)/b19-11+. The number of carboxylic acids is 1. The van der Waals surface area contributed by atoms with Crippen molar-refractivity contribution in [2.24, 2.45) is 11.0 Å². The molecule has 0 radical (unpaired) electrons. The van der Waals surface area contributed by atoms with Crippen LogP contribution in [0.3, 0.4) is 0 Å². The number of carbonyl (C=O) groups excluding carboxylic acids is 1. The maximum absolute atomic E-state index is 12.2. The van der Waals surface area contributed by atoms with Crippen molar-refractivity contribution in [1.82, 2.24) is 10.3 Å². The first-order chi connectivity index (χ1) is 12.5. The van der Waals surface area contributed by atoms with Crippen molar-refractivity contribution in [2.75, 3.05) is 5.75 Å². The van der Waals surface area contributed by atoms with Gasteiger partial charge in [0.25, 0.3) is 0 Å². The second-order valence-electron chi connectivity index (χ2n) is 7.58. The average Bonchev–Trinajstić information content (AvgIpc) is 3.14. The van der Waals surface area contributed by atoms with Gasteiger partial charge in [0, 0.05) is 11.7 Å². The number of nitrogens with one attached hydrogen (secondary N) is 1. The lowest BCUT2D eigenvalue weighted by molar-refractivity contribution is -0.137. The van der Waals surface area contributed by atoms with Crippen molar-refractivity contribution in [2.45, 2.75) is 81.2 Å². The van der Waals surface area contributed by atoms with Crippen LogP contribution in [0.25, 0.3) is 0 Å². The summed E-state index contributed by atoms with van der Waals surface area (Å²) in [7, 11) is 0. The summed E-state index contributed by atoms with van der Waals surface area (Å²) in [5, 5.41) is 28.3. The third-order valence-corrected chi connectivity index (χ3v) is 7.06. The van der Waals surface area contributed by atoms with Crippen LogP contribution in [-0.4, -0.2) is 62.6 Å². The Morgan fingerprint density at radius 3 is 2.85 bits per heavy atom. The molecule has 2 saturated carbocycles. The van der Waals surface area contributed by atoms with Crippen LogP contribution in [0.2, 0.25) is 0 Å². The summed E-state index contributed by atoms with van der Waals surface area (Å²) < 4.78 is 0. The molecule has 0 aromatic rings. The predicted molar refractivity (Wildman–Crippen MR) is 101 cm³/mol. The van der Waals surface area contributed by atoms with Gasteiger partial charge in [-0.05, 0) is 43.8 Å². The number of nitrogens with zero attached hydrogens (tertiary/aromatic N) is 2. The van der Waals surface area contributed by atoms with Crippen molar-refractivity contribution in [3.8, 4) is 0 Å². The highest BCUT2D eigenvalue weighted by molar-refractivity contribution is 7.99. The Morgan fingerprint density at radius 1 is 1.35 bits per heavy atom. The van der Waals surface area contributed by atoms with Gasteiger partial charge in [-0.1, -0.05) is 19.3 Å². The highest BCUT2D eigenvalue weighted by Gasteiger charge is 2.46. The van der Waals surface area contributed by atoms with Gasteiger partial charge in [0.1, 0.15) is 0 Å². The molecular formula is C18H29N3O4S. The van der Waals surface area contributed by atoms with Gasteiger partial charge in [0.2, 0.25) is 0 Å². The number of aliphatic carboxylic acids is 1. The first kappa shape index (κ1) is 19.5. The molecule has 0 bridgehead atoms. The van der Waals surface area contributed by atoms with Crippen LogP contribution in [0.4, 0.5) is 4.79 Å². The second-order valence-corrected chi connectivity index (χ2v) is 8.99. The van der Waals surface area contributed by atoms with Crippen molar-refractivity contribution >= 4 is 30.0 Å². The maximum atomic E-state index is 12.2. The van der Waals surface area contributed by atoms with E-state index in [1.165, 1.54) is 11.4 Å². The zero-order chi connectivity index (χ0) is 18.5. The van der Waals surface area contributed by atoms with E-state index in [-0.39, 0.29) is 30.5 Å². The molecule has 26 heavy (non-hydrogen) atoms. The summed E-state index contributed by atoms with van der Waals surface area (Å²) in [6, 6.07) is -0.0425. The van der Waals surface area contributed by atoms with E-state index < -0.39 is 12.1 Å². The summed E-state index contributed by atoms with van der Waals surface area (Å²) in [5.74, 6) is 0.335. The summed E-state index contributed by atoms with van der Waals surface area (Å²) in [6.45, 7) is 0. The number of hydrazone groups is 1. The fourth-order valence-electron chi connectivity index (χ4n) is 4.26. The van der Waals surface area contributed by atoms with Crippen LogP contribution >= 0.6 is 11.8 Å². The highest BCUT2D eigenvalue weighted by Crippen LogP contribution is 2.36. The molecule has 2 amide bonds. The molecular weight excluding hydrogens is 354 g/mol. The SMILES string of the molecule is O=C(O)CCCSC1CC2NC(=O)N(/N=C/C(O)C3CCCCC3)C2C1. The van der Waals surface area contributed by atoms with Gasteiger partial charge in [0.15, 0.2) is 0 Å². The molecule has 0 spiro atoms. The van der Waals surface area contributed by atoms with E-state index >= 15 is 0 Å². The molecule has 3 aliphatic rings. The van der Waals surface area contributed by atoms with E-state index in [0.717, 1.165) is 44.3 Å². The Kier molecular flexibility index (Phi) is 6.80. The lowest BCUT2D eigenvalue weighted by Crippen LogP contribution is -2.32. The molecule has 3 rings (SSSR count). The van der Waals surface area contributed by atoms with E-state index in [2.05, 4.69) is 10.4 Å². The molecule has 7 nitrogen and oxygen atoms in total. The Morgan fingerprint density at radius 2 is 2.12 bits per heavy atom. The third-order valence-electron chi connectivity index (χ3n) is 5.68. The molecule has 8 heteroatoms. The number of carboxylic acid groups (broad SMARTS) is 1. The Balaban J connectivity index is 1.48. The average molecular weight is 384 g/mol. The molecule has 0 aromatic carbocycles. The Labute approximate surface area is 158 Å². The van der Waals surface area contributed by atoms with Gasteiger partial charge in [-0.25, -0.2) is 9.80 Å². The summed E-state index contributed by atoms with van der Waals surface area (Å²) in [6.07, 6.45) is 9.22. The topological polar surface area (TPSA) is 102 Å². The smallest absolute Gasteiger partial charge is 0.338 e. The van der Waals surface area contributed by atoms with Crippen molar-refractivity contribution in [3.63, 3.8) is 0 Å². The van der Waals surface area contributed by atoms with Crippen molar-refractivity contribution < 1.29 is 19.8 Å². The molecule has 1 heterocycles. The van der Waals surface area contributed by atoms with Crippen molar-refractivity contribution in [1.29, 1.82) is 0 Å². The molecule has 2 aliphatic carbocycles. The molecule has 1 saturated heterocycles. The normalized spacial score (nSPS) is 30.6. The van der Waals surface area contributed by atoms with Crippen LogP contribution < -0.4 is 5.32 Å². The molecule has 3 N–H and O–H groups in total. The van der Waals surface area contributed by atoms with Crippen LogP contribution in [0.5, 0.6) is 0 Å². The summed E-state index contributed by atoms with van der Waals surface area (Å²) in [4.78, 5) is 22.7. The third kappa shape index (κ3) is 4.91. The van der Waals surface area contributed by atoms with Gasteiger partial charge in [0.05, 0.1) is 24.4 Å². The summed E-state index contributed by atoms with van der Waals surface area (Å²) in [5.41, 5.74) is 0. The number of aliphatic hydroxyl groups excluding tert-OH is 1. The molecule has 0 aromatic heterocycles. The van der Waals surface area contributed by atoms with Gasteiger partial charge >= 0.3 is 12.0 Å². The monoisotopic (exact) mass is 383 g/mol. The number of hydrogen-bond acceptors (Lipinski definition) is 5. The van der Waals surface area contributed by atoms with E-state index in [1.54, 1.807) is 18.0 Å². The number of carbonyl (C=O) groups is 2. The number of aliphatic hydroxyl groups is 1. The van der Waals surface area contributed by atoms with Crippen LogP contribution in [0.15, 0.2) is 5.10 Å². The Bertz CT molecular complexity index is 539. The number of amides is 2. The zero-order valence-electron chi connectivity index (χ0n) is 15.0. The lowest BCUT2D eigenvalue weighted by atomic mass is 9.86.